The van der Waals surface area contributed by atoms with Crippen molar-refractivity contribution in [2.75, 3.05) is 24.6 Å². The van der Waals surface area contributed by atoms with Crippen molar-refractivity contribution >= 4 is 17.7 Å². The summed E-state index contributed by atoms with van der Waals surface area (Å²) in [5, 5.41) is 17.8. The van der Waals surface area contributed by atoms with Crippen LogP contribution < -0.4 is 0 Å². The average molecular weight is 256 g/mol. The van der Waals surface area contributed by atoms with Gasteiger partial charge in [-0.25, -0.2) is 0 Å². The SMILES string of the molecule is CC(C)(C#N)CCN1CCSCC1CC(=O)O. The lowest BCUT2D eigenvalue weighted by molar-refractivity contribution is -0.138. The molecule has 0 bridgehead atoms. The number of rotatable bonds is 5. The first-order valence-corrected chi connectivity index (χ1v) is 7.05. The first kappa shape index (κ1) is 14.3. The van der Waals surface area contributed by atoms with Gasteiger partial charge in [-0.2, -0.15) is 17.0 Å². The summed E-state index contributed by atoms with van der Waals surface area (Å²) < 4.78 is 0. The van der Waals surface area contributed by atoms with Crippen LogP contribution in [0.4, 0.5) is 0 Å². The van der Waals surface area contributed by atoms with Gasteiger partial charge in [-0.05, 0) is 20.3 Å². The zero-order valence-electron chi connectivity index (χ0n) is 10.5. The Morgan fingerprint density at radius 3 is 2.94 bits per heavy atom. The zero-order chi connectivity index (χ0) is 12.9. The van der Waals surface area contributed by atoms with E-state index in [1.54, 1.807) is 0 Å². The minimum atomic E-state index is -0.734. The van der Waals surface area contributed by atoms with Gasteiger partial charge in [0, 0.05) is 30.6 Å². The molecule has 17 heavy (non-hydrogen) atoms. The summed E-state index contributed by atoms with van der Waals surface area (Å²) in [5.41, 5.74) is -0.321. The molecule has 0 aliphatic carbocycles. The van der Waals surface area contributed by atoms with Gasteiger partial charge in [0.2, 0.25) is 0 Å². The molecule has 0 radical (unpaired) electrons. The van der Waals surface area contributed by atoms with Crippen molar-refractivity contribution in [3.63, 3.8) is 0 Å². The van der Waals surface area contributed by atoms with Gasteiger partial charge in [0.05, 0.1) is 17.9 Å². The summed E-state index contributed by atoms with van der Waals surface area (Å²) in [7, 11) is 0. The maximum absolute atomic E-state index is 10.8. The Hall–Kier alpha value is -0.730. The quantitative estimate of drug-likeness (QED) is 0.813. The standard InChI is InChI=1S/C12H20N2O2S/c1-12(2,9-13)3-4-14-5-6-17-8-10(14)7-11(15)16/h10H,3-8H2,1-2H3,(H,15,16). The molecule has 5 heteroatoms. The van der Waals surface area contributed by atoms with Gasteiger partial charge in [-0.15, -0.1) is 0 Å². The summed E-state index contributed by atoms with van der Waals surface area (Å²) in [4.78, 5) is 13.0. The Balaban J connectivity index is 2.48. The lowest BCUT2D eigenvalue weighted by atomic mass is 9.91. The molecule has 0 aromatic heterocycles. The smallest absolute Gasteiger partial charge is 0.304 e. The van der Waals surface area contributed by atoms with Crippen molar-refractivity contribution in [2.24, 2.45) is 5.41 Å². The van der Waals surface area contributed by atoms with Gasteiger partial charge in [0.15, 0.2) is 0 Å². The van der Waals surface area contributed by atoms with Crippen LogP contribution >= 0.6 is 11.8 Å². The highest BCUT2D eigenvalue weighted by atomic mass is 32.2. The van der Waals surface area contributed by atoms with E-state index >= 15 is 0 Å². The van der Waals surface area contributed by atoms with Crippen LogP contribution in [0.15, 0.2) is 0 Å². The molecule has 1 N–H and O–H groups in total. The third-order valence-electron chi connectivity index (χ3n) is 3.09. The Labute approximate surface area is 107 Å². The number of nitrogens with zero attached hydrogens (tertiary/aromatic N) is 2. The third-order valence-corrected chi connectivity index (χ3v) is 4.18. The number of carboxylic acids is 1. The van der Waals surface area contributed by atoms with Crippen molar-refractivity contribution in [3.8, 4) is 6.07 Å². The minimum Gasteiger partial charge on any atom is -0.481 e. The predicted octanol–water partition coefficient (Wildman–Crippen LogP) is 1.82. The van der Waals surface area contributed by atoms with Gasteiger partial charge in [-0.3, -0.25) is 9.69 Å². The van der Waals surface area contributed by atoms with Gasteiger partial charge in [0.25, 0.3) is 0 Å². The molecule has 4 nitrogen and oxygen atoms in total. The molecule has 96 valence electrons. The fourth-order valence-electron chi connectivity index (χ4n) is 1.85. The molecular weight excluding hydrogens is 236 g/mol. The molecule has 1 saturated heterocycles. The molecule has 0 spiro atoms. The number of carboxylic acid groups (broad SMARTS) is 1. The molecule has 0 aromatic rings. The molecule has 0 aromatic carbocycles. The maximum Gasteiger partial charge on any atom is 0.304 e. The molecule has 0 amide bonds. The van der Waals surface area contributed by atoms with Crippen LogP contribution in [0, 0.1) is 16.7 Å². The molecule has 0 saturated carbocycles. The second kappa shape index (κ2) is 6.27. The first-order chi connectivity index (χ1) is 7.94. The monoisotopic (exact) mass is 256 g/mol. The molecule has 1 aliphatic rings. The molecule has 1 heterocycles. The minimum absolute atomic E-state index is 0.126. The van der Waals surface area contributed by atoms with Crippen LogP contribution in [-0.4, -0.2) is 46.6 Å². The number of thioether (sulfide) groups is 1. The van der Waals surface area contributed by atoms with Crippen LogP contribution in [-0.2, 0) is 4.79 Å². The Morgan fingerprint density at radius 1 is 1.65 bits per heavy atom. The van der Waals surface area contributed by atoms with Gasteiger partial charge in [-0.1, -0.05) is 0 Å². The van der Waals surface area contributed by atoms with Crippen molar-refractivity contribution < 1.29 is 9.90 Å². The summed E-state index contributed by atoms with van der Waals surface area (Å²) in [6.07, 6.45) is 1.00. The van der Waals surface area contributed by atoms with Crippen LogP contribution in [0.1, 0.15) is 26.7 Å². The van der Waals surface area contributed by atoms with E-state index in [4.69, 9.17) is 10.4 Å². The summed E-state index contributed by atoms with van der Waals surface area (Å²) in [5.74, 6) is 1.21. The van der Waals surface area contributed by atoms with Gasteiger partial charge >= 0.3 is 5.97 Å². The van der Waals surface area contributed by atoms with E-state index in [9.17, 15) is 4.79 Å². The fraction of sp³-hybridized carbons (Fsp3) is 0.833. The van der Waals surface area contributed by atoms with E-state index in [2.05, 4.69) is 11.0 Å². The van der Waals surface area contributed by atoms with E-state index < -0.39 is 5.97 Å². The molecule has 1 unspecified atom stereocenters. The number of nitriles is 1. The Bertz CT molecular complexity index is 312. The van der Waals surface area contributed by atoms with Crippen LogP contribution in [0.3, 0.4) is 0 Å². The number of hydrogen-bond acceptors (Lipinski definition) is 4. The lowest BCUT2D eigenvalue weighted by Gasteiger charge is -2.35. The van der Waals surface area contributed by atoms with Gasteiger partial charge < -0.3 is 5.11 Å². The second-order valence-corrected chi connectivity index (χ2v) is 6.26. The summed E-state index contributed by atoms with van der Waals surface area (Å²) in [6.45, 7) is 5.61. The van der Waals surface area contributed by atoms with E-state index in [0.29, 0.717) is 0 Å². The fourth-order valence-corrected chi connectivity index (χ4v) is 2.98. The van der Waals surface area contributed by atoms with E-state index in [1.807, 2.05) is 25.6 Å². The molecule has 1 fully saturated rings. The molecular formula is C12H20N2O2S. The van der Waals surface area contributed by atoms with Crippen molar-refractivity contribution in [2.45, 2.75) is 32.7 Å². The summed E-state index contributed by atoms with van der Waals surface area (Å²) in [6, 6.07) is 2.41. The first-order valence-electron chi connectivity index (χ1n) is 5.89. The largest absolute Gasteiger partial charge is 0.481 e. The van der Waals surface area contributed by atoms with Crippen LogP contribution in [0.2, 0.25) is 0 Å². The Kier molecular flexibility index (Phi) is 5.29. The molecule has 1 aliphatic heterocycles. The number of hydrogen-bond donors (Lipinski definition) is 1. The second-order valence-electron chi connectivity index (χ2n) is 5.11. The lowest BCUT2D eigenvalue weighted by Crippen LogP contribution is -2.44. The maximum atomic E-state index is 10.8. The number of aliphatic carboxylic acids is 1. The van der Waals surface area contributed by atoms with E-state index in [0.717, 1.165) is 31.0 Å². The van der Waals surface area contributed by atoms with Crippen LogP contribution in [0.25, 0.3) is 0 Å². The third kappa shape index (κ3) is 4.97. The van der Waals surface area contributed by atoms with Crippen molar-refractivity contribution in [1.29, 1.82) is 5.26 Å². The Morgan fingerprint density at radius 2 is 2.35 bits per heavy atom. The predicted molar refractivity (Wildman–Crippen MR) is 68.9 cm³/mol. The highest BCUT2D eigenvalue weighted by Gasteiger charge is 2.27. The molecule has 1 rings (SSSR count). The van der Waals surface area contributed by atoms with Crippen molar-refractivity contribution in [3.05, 3.63) is 0 Å². The topological polar surface area (TPSA) is 64.3 Å². The van der Waals surface area contributed by atoms with E-state index in [-0.39, 0.29) is 17.9 Å². The normalized spacial score (nSPS) is 22.1. The van der Waals surface area contributed by atoms with Gasteiger partial charge in [0.1, 0.15) is 0 Å². The highest BCUT2D eigenvalue weighted by molar-refractivity contribution is 7.99. The number of carbonyl (C=O) groups is 1. The molecule has 1 atom stereocenters. The highest BCUT2D eigenvalue weighted by Crippen LogP contribution is 2.23. The summed E-state index contributed by atoms with van der Waals surface area (Å²) >= 11 is 1.82. The zero-order valence-corrected chi connectivity index (χ0v) is 11.3. The average Bonchev–Trinajstić information content (AvgIpc) is 2.27. The van der Waals surface area contributed by atoms with Crippen LogP contribution in [0.5, 0.6) is 0 Å². The van der Waals surface area contributed by atoms with Crippen molar-refractivity contribution in [1.82, 2.24) is 4.90 Å². The van der Waals surface area contributed by atoms with E-state index in [1.165, 1.54) is 0 Å².